The summed E-state index contributed by atoms with van der Waals surface area (Å²) in [4.78, 5) is 54.1. The van der Waals surface area contributed by atoms with Crippen LogP contribution >= 0.6 is 0 Å². The first-order valence-corrected chi connectivity index (χ1v) is 10.0. The van der Waals surface area contributed by atoms with Gasteiger partial charge in [-0.25, -0.2) is 4.79 Å². The van der Waals surface area contributed by atoms with Gasteiger partial charge in [0.05, 0.1) is 18.7 Å². The third-order valence-corrected chi connectivity index (χ3v) is 5.81. The molecule has 1 aromatic heterocycles. The predicted molar refractivity (Wildman–Crippen MR) is 113 cm³/mol. The number of fused-ring (bicyclic) bond motifs is 1. The molecule has 0 spiro atoms. The lowest BCUT2D eigenvalue weighted by molar-refractivity contribution is -0.142. The molecule has 0 bridgehead atoms. The molecule has 1 fully saturated rings. The van der Waals surface area contributed by atoms with Crippen molar-refractivity contribution in [2.24, 2.45) is 5.92 Å². The minimum Gasteiger partial charge on any atom is -0.465 e. The number of ether oxygens (including phenoxy) is 1. The topological polar surface area (TPSA) is 96.5 Å². The molecule has 1 aliphatic heterocycles. The lowest BCUT2D eigenvalue weighted by Crippen LogP contribution is -2.32. The summed E-state index contributed by atoms with van der Waals surface area (Å²) in [5, 5.41) is 1.06. The molecule has 0 saturated carbocycles. The van der Waals surface area contributed by atoms with Crippen molar-refractivity contribution in [3.63, 3.8) is 0 Å². The maximum absolute atomic E-state index is 12.8. The zero-order valence-corrected chi connectivity index (χ0v) is 17.3. The highest BCUT2D eigenvalue weighted by atomic mass is 16.5. The van der Waals surface area contributed by atoms with Gasteiger partial charge in [-0.1, -0.05) is 30.3 Å². The van der Waals surface area contributed by atoms with Gasteiger partial charge in [0.2, 0.25) is 5.78 Å². The number of carbonyl (C=O) groups is 4. The number of aromatic amines is 1. The number of benzene rings is 2. The van der Waals surface area contributed by atoms with Crippen LogP contribution < -0.4 is 0 Å². The summed E-state index contributed by atoms with van der Waals surface area (Å²) in [6.07, 6.45) is 2.43. The first kappa shape index (κ1) is 20.5. The average Bonchev–Trinajstić information content (AvgIpc) is 3.30. The van der Waals surface area contributed by atoms with Crippen LogP contribution in [0.4, 0.5) is 0 Å². The van der Waals surface area contributed by atoms with E-state index in [1.807, 2.05) is 30.5 Å². The van der Waals surface area contributed by atoms with Gasteiger partial charge >= 0.3 is 5.97 Å². The van der Waals surface area contributed by atoms with Gasteiger partial charge in [0.1, 0.15) is 11.7 Å². The fourth-order valence-corrected chi connectivity index (χ4v) is 4.26. The molecule has 0 aliphatic carbocycles. The average molecular weight is 418 g/mol. The summed E-state index contributed by atoms with van der Waals surface area (Å²) >= 11 is 0. The molecule has 0 radical (unpaired) electrons. The Morgan fingerprint density at radius 2 is 1.77 bits per heavy atom. The molecular formula is C24H22N2O5. The molecule has 1 aliphatic rings. The number of amides is 1. The van der Waals surface area contributed by atoms with Gasteiger partial charge in [0.15, 0.2) is 0 Å². The molecule has 2 heterocycles. The number of nitrogens with zero attached hydrogens (tertiary/aromatic N) is 1. The van der Waals surface area contributed by atoms with Crippen LogP contribution in [0.25, 0.3) is 10.9 Å². The minimum atomic E-state index is -1.06. The third kappa shape index (κ3) is 3.63. The van der Waals surface area contributed by atoms with Crippen molar-refractivity contribution in [2.45, 2.75) is 19.4 Å². The quantitative estimate of drug-likeness (QED) is 0.377. The number of Topliss-reactive ketones (excluding diaryl/α,β-unsaturated/α-hetero) is 2. The van der Waals surface area contributed by atoms with Crippen LogP contribution in [0.15, 0.2) is 54.7 Å². The first-order valence-electron chi connectivity index (χ1n) is 10.0. The van der Waals surface area contributed by atoms with E-state index >= 15 is 0 Å². The lowest BCUT2D eigenvalue weighted by atomic mass is 9.89. The Morgan fingerprint density at radius 3 is 2.45 bits per heavy atom. The Labute approximate surface area is 179 Å². The van der Waals surface area contributed by atoms with Crippen LogP contribution in [-0.4, -0.2) is 47.0 Å². The molecule has 31 heavy (non-hydrogen) atoms. The summed E-state index contributed by atoms with van der Waals surface area (Å²) in [5.41, 5.74) is 3.01. The van der Waals surface area contributed by atoms with Crippen molar-refractivity contribution in [1.29, 1.82) is 0 Å². The van der Waals surface area contributed by atoms with Gasteiger partial charge in [-0.3, -0.25) is 14.4 Å². The zero-order chi connectivity index (χ0) is 22.1. The SMILES string of the molecule is COC(=O)c1ccc(C2C(C(C)=O)C(=O)C(=O)N2CCc2c[nH]c3ccccc23)cc1. The number of para-hydroxylation sites is 1. The smallest absolute Gasteiger partial charge is 0.337 e. The van der Waals surface area contributed by atoms with E-state index in [-0.39, 0.29) is 5.78 Å². The maximum atomic E-state index is 12.8. The van der Waals surface area contributed by atoms with E-state index in [4.69, 9.17) is 4.74 Å². The minimum absolute atomic E-state index is 0.291. The number of methoxy groups -OCH3 is 1. The van der Waals surface area contributed by atoms with Gasteiger partial charge < -0.3 is 14.6 Å². The lowest BCUT2D eigenvalue weighted by Gasteiger charge is -2.27. The summed E-state index contributed by atoms with van der Waals surface area (Å²) < 4.78 is 4.72. The van der Waals surface area contributed by atoms with E-state index in [2.05, 4.69) is 4.98 Å². The van der Waals surface area contributed by atoms with Gasteiger partial charge in [-0.05, 0) is 42.7 Å². The summed E-state index contributed by atoms with van der Waals surface area (Å²) in [6, 6.07) is 13.6. The molecule has 158 valence electrons. The summed E-state index contributed by atoms with van der Waals surface area (Å²) in [6.45, 7) is 1.62. The van der Waals surface area contributed by atoms with Crippen LogP contribution in [0, 0.1) is 5.92 Å². The fourth-order valence-electron chi connectivity index (χ4n) is 4.26. The van der Waals surface area contributed by atoms with E-state index in [1.54, 1.807) is 24.3 Å². The second-order valence-corrected chi connectivity index (χ2v) is 7.62. The number of esters is 1. The van der Waals surface area contributed by atoms with Crippen molar-refractivity contribution < 1.29 is 23.9 Å². The Balaban J connectivity index is 1.65. The molecule has 3 aromatic rings. The predicted octanol–water partition coefficient (Wildman–Crippen LogP) is 2.85. The number of H-pyrrole nitrogens is 1. The molecule has 2 atom stereocenters. The number of carbonyl (C=O) groups excluding carboxylic acids is 4. The van der Waals surface area contributed by atoms with E-state index < -0.39 is 29.6 Å². The number of hydrogen-bond acceptors (Lipinski definition) is 5. The molecular weight excluding hydrogens is 396 g/mol. The number of likely N-dealkylation sites (tertiary alicyclic amines) is 1. The van der Waals surface area contributed by atoms with E-state index in [0.717, 1.165) is 16.5 Å². The van der Waals surface area contributed by atoms with Crippen LogP contribution in [0.1, 0.15) is 34.5 Å². The Bertz CT molecular complexity index is 1180. The number of rotatable bonds is 6. The molecule has 1 amide bonds. The number of aromatic nitrogens is 1. The highest BCUT2D eigenvalue weighted by Gasteiger charge is 2.50. The van der Waals surface area contributed by atoms with Crippen molar-refractivity contribution in [3.8, 4) is 0 Å². The van der Waals surface area contributed by atoms with Gasteiger partial charge in [-0.2, -0.15) is 0 Å². The second-order valence-electron chi connectivity index (χ2n) is 7.62. The highest BCUT2D eigenvalue weighted by molar-refractivity contribution is 6.42. The standard InChI is InChI=1S/C24H22N2O5/c1-14(27)20-21(15-7-9-16(10-8-15)24(30)31-2)26(23(29)22(20)28)12-11-17-13-25-19-6-4-3-5-18(17)19/h3-10,13,20-21,25H,11-12H2,1-2H3. The Kier molecular flexibility index (Phi) is 5.42. The van der Waals surface area contributed by atoms with Crippen molar-refractivity contribution in [3.05, 3.63) is 71.4 Å². The van der Waals surface area contributed by atoms with Crippen LogP contribution in [0.5, 0.6) is 0 Å². The highest BCUT2D eigenvalue weighted by Crippen LogP contribution is 2.37. The van der Waals surface area contributed by atoms with Crippen LogP contribution in [0.3, 0.4) is 0 Å². The second kappa shape index (κ2) is 8.18. The Morgan fingerprint density at radius 1 is 1.06 bits per heavy atom. The summed E-state index contributed by atoms with van der Waals surface area (Å²) in [5.74, 6) is -3.23. The Hall–Kier alpha value is -3.74. The maximum Gasteiger partial charge on any atom is 0.337 e. The van der Waals surface area contributed by atoms with E-state index in [0.29, 0.717) is 24.1 Å². The number of hydrogen-bond donors (Lipinski definition) is 1. The van der Waals surface area contributed by atoms with E-state index in [9.17, 15) is 19.2 Å². The van der Waals surface area contributed by atoms with Crippen LogP contribution in [0.2, 0.25) is 0 Å². The molecule has 4 rings (SSSR count). The van der Waals surface area contributed by atoms with Crippen LogP contribution in [-0.2, 0) is 25.5 Å². The van der Waals surface area contributed by atoms with E-state index in [1.165, 1.54) is 18.9 Å². The molecule has 1 saturated heterocycles. The van der Waals surface area contributed by atoms with Gasteiger partial charge in [-0.15, -0.1) is 0 Å². The zero-order valence-electron chi connectivity index (χ0n) is 17.3. The summed E-state index contributed by atoms with van der Waals surface area (Å²) in [7, 11) is 1.29. The normalized spacial score (nSPS) is 18.6. The monoisotopic (exact) mass is 418 g/mol. The number of nitrogens with one attached hydrogen (secondary N) is 1. The molecule has 7 heteroatoms. The molecule has 1 N–H and O–H groups in total. The molecule has 7 nitrogen and oxygen atoms in total. The largest absolute Gasteiger partial charge is 0.465 e. The van der Waals surface area contributed by atoms with Crippen molar-refractivity contribution >= 4 is 34.3 Å². The molecule has 2 unspecified atom stereocenters. The fraction of sp³-hybridized carbons (Fsp3) is 0.250. The molecule has 2 aromatic carbocycles. The van der Waals surface area contributed by atoms with Crippen molar-refractivity contribution in [1.82, 2.24) is 9.88 Å². The first-order chi connectivity index (χ1) is 14.9. The van der Waals surface area contributed by atoms with Gasteiger partial charge in [0, 0.05) is 23.6 Å². The van der Waals surface area contributed by atoms with Gasteiger partial charge in [0.25, 0.3) is 5.91 Å². The van der Waals surface area contributed by atoms with Crippen molar-refractivity contribution in [2.75, 3.05) is 13.7 Å². The number of ketones is 2. The third-order valence-electron chi connectivity index (χ3n) is 5.81.